The Kier molecular flexibility index (Phi) is 4.06. The van der Waals surface area contributed by atoms with E-state index in [4.69, 9.17) is 11.6 Å². The molecule has 0 amide bonds. The lowest BCUT2D eigenvalue weighted by atomic mass is 9.79. The van der Waals surface area contributed by atoms with Crippen molar-refractivity contribution in [3.63, 3.8) is 0 Å². The van der Waals surface area contributed by atoms with Gasteiger partial charge in [0.2, 0.25) is 0 Å². The molecule has 0 N–H and O–H groups in total. The average Bonchev–Trinajstić information content (AvgIpc) is 2.24. The highest BCUT2D eigenvalue weighted by Crippen LogP contribution is 2.37. The molecule has 86 valence electrons. The zero-order chi connectivity index (χ0) is 11.4. The van der Waals surface area contributed by atoms with E-state index in [-0.39, 0.29) is 0 Å². The summed E-state index contributed by atoms with van der Waals surface area (Å²) in [5, 5.41) is 0. The molecule has 1 heteroatoms. The summed E-state index contributed by atoms with van der Waals surface area (Å²) in [5.41, 5.74) is 4.22. The number of hydrogen-bond acceptors (Lipinski definition) is 0. The second kappa shape index (κ2) is 5.54. The van der Waals surface area contributed by atoms with Gasteiger partial charge in [0.1, 0.15) is 0 Å². The number of benzene rings is 1. The summed E-state index contributed by atoms with van der Waals surface area (Å²) < 4.78 is 0. The van der Waals surface area contributed by atoms with Gasteiger partial charge >= 0.3 is 0 Å². The van der Waals surface area contributed by atoms with E-state index in [0.29, 0.717) is 5.88 Å². The summed E-state index contributed by atoms with van der Waals surface area (Å²) in [6, 6.07) is 9.00. The van der Waals surface area contributed by atoms with Gasteiger partial charge in [-0.25, -0.2) is 0 Å². The second-order valence-electron chi connectivity index (χ2n) is 4.62. The van der Waals surface area contributed by atoms with Crippen LogP contribution in [0.25, 0.3) is 5.57 Å². The Hall–Kier alpha value is -0.750. The average molecular weight is 235 g/mol. The second-order valence-corrected chi connectivity index (χ2v) is 5.00. The van der Waals surface area contributed by atoms with Gasteiger partial charge in [-0.2, -0.15) is 0 Å². The van der Waals surface area contributed by atoms with Crippen LogP contribution in [0.5, 0.6) is 0 Å². The summed E-state index contributed by atoms with van der Waals surface area (Å²) in [5.74, 6) is 1.53. The van der Waals surface area contributed by atoms with Gasteiger partial charge in [0, 0.05) is 5.88 Å². The molecule has 0 heterocycles. The van der Waals surface area contributed by atoms with E-state index in [9.17, 15) is 0 Å². The molecule has 0 atom stereocenters. The summed E-state index contributed by atoms with van der Waals surface area (Å²) >= 11 is 5.70. The quantitative estimate of drug-likeness (QED) is 0.644. The van der Waals surface area contributed by atoms with E-state index >= 15 is 0 Å². The Balaban J connectivity index is 2.14. The smallest absolute Gasteiger partial charge is 0.0258 e. The minimum absolute atomic E-state index is 0.708. The summed E-state index contributed by atoms with van der Waals surface area (Å²) in [6.45, 7) is 2.17. The van der Waals surface area contributed by atoms with Crippen molar-refractivity contribution in [2.45, 2.75) is 38.5 Å². The Labute approximate surface area is 103 Å². The molecule has 0 aliphatic heterocycles. The van der Waals surface area contributed by atoms with Crippen LogP contribution in [-0.2, 0) is 0 Å². The third kappa shape index (κ3) is 2.68. The lowest BCUT2D eigenvalue weighted by molar-refractivity contribution is 0.419. The van der Waals surface area contributed by atoms with E-state index < -0.39 is 0 Å². The van der Waals surface area contributed by atoms with Gasteiger partial charge in [-0.15, -0.1) is 11.6 Å². The summed E-state index contributed by atoms with van der Waals surface area (Å²) in [6.07, 6.45) is 7.33. The molecule has 0 nitrogen and oxygen atoms in total. The fraction of sp³-hybridized carbons (Fsp3) is 0.467. The number of hydrogen-bond donors (Lipinski definition) is 0. The minimum atomic E-state index is 0.708. The van der Waals surface area contributed by atoms with Crippen LogP contribution in [-0.4, -0.2) is 5.88 Å². The maximum absolute atomic E-state index is 5.70. The van der Waals surface area contributed by atoms with Crippen LogP contribution < -0.4 is 0 Å². The predicted molar refractivity (Wildman–Crippen MR) is 72.0 cm³/mol. The Morgan fingerprint density at radius 2 is 2.25 bits per heavy atom. The first-order valence-electron chi connectivity index (χ1n) is 6.14. The third-order valence-corrected chi connectivity index (χ3v) is 3.70. The molecule has 1 fully saturated rings. The predicted octanol–water partition coefficient (Wildman–Crippen LogP) is 4.99. The molecular formula is C15H19Cl. The molecule has 0 bridgehead atoms. The van der Waals surface area contributed by atoms with Crippen LogP contribution in [0, 0.1) is 0 Å². The molecule has 2 rings (SSSR count). The number of allylic oxidation sites excluding steroid dienone is 2. The van der Waals surface area contributed by atoms with Crippen molar-refractivity contribution in [2.75, 3.05) is 5.88 Å². The molecule has 0 saturated heterocycles. The molecule has 0 unspecified atom stereocenters. The largest absolute Gasteiger partial charge is 0.126 e. The van der Waals surface area contributed by atoms with Crippen LogP contribution in [0.2, 0.25) is 0 Å². The molecule has 1 aliphatic carbocycles. The van der Waals surface area contributed by atoms with Gasteiger partial charge in [-0.1, -0.05) is 36.8 Å². The van der Waals surface area contributed by atoms with Crippen molar-refractivity contribution in [2.24, 2.45) is 0 Å². The maximum atomic E-state index is 5.70. The SMILES string of the molecule is C/C(=C/CCCl)c1cccc(C2CCC2)c1. The van der Waals surface area contributed by atoms with E-state index in [1.807, 2.05) is 0 Å². The fourth-order valence-electron chi connectivity index (χ4n) is 2.17. The molecule has 0 aromatic heterocycles. The first-order valence-corrected chi connectivity index (χ1v) is 6.68. The number of alkyl halides is 1. The Bertz CT molecular complexity index is 375. The molecular weight excluding hydrogens is 216 g/mol. The zero-order valence-electron chi connectivity index (χ0n) is 9.88. The zero-order valence-corrected chi connectivity index (χ0v) is 10.6. The minimum Gasteiger partial charge on any atom is -0.126 e. The van der Waals surface area contributed by atoms with Gasteiger partial charge in [0.05, 0.1) is 0 Å². The third-order valence-electron chi connectivity index (χ3n) is 3.48. The normalized spacial score (nSPS) is 17.2. The Morgan fingerprint density at radius 1 is 1.44 bits per heavy atom. The summed E-state index contributed by atoms with van der Waals surface area (Å²) in [4.78, 5) is 0. The van der Waals surface area contributed by atoms with E-state index in [2.05, 4.69) is 37.3 Å². The van der Waals surface area contributed by atoms with E-state index in [1.165, 1.54) is 36.0 Å². The van der Waals surface area contributed by atoms with Gasteiger partial charge in [0.15, 0.2) is 0 Å². The van der Waals surface area contributed by atoms with Crippen LogP contribution in [0.4, 0.5) is 0 Å². The molecule has 0 spiro atoms. The van der Waals surface area contributed by atoms with Crippen LogP contribution in [0.15, 0.2) is 30.3 Å². The molecule has 1 aliphatic rings. The molecule has 16 heavy (non-hydrogen) atoms. The van der Waals surface area contributed by atoms with Crippen molar-refractivity contribution in [1.82, 2.24) is 0 Å². The standard InChI is InChI=1S/C15H19Cl/c1-12(5-4-10-16)14-8-3-9-15(11-14)13-6-2-7-13/h3,5,8-9,11,13H,2,4,6-7,10H2,1H3/b12-5-. The number of rotatable bonds is 4. The van der Waals surface area contributed by atoms with Gasteiger partial charge in [0.25, 0.3) is 0 Å². The lowest BCUT2D eigenvalue weighted by Crippen LogP contribution is -2.08. The van der Waals surface area contributed by atoms with Crippen molar-refractivity contribution in [1.29, 1.82) is 0 Å². The Morgan fingerprint density at radius 3 is 2.88 bits per heavy atom. The van der Waals surface area contributed by atoms with Crippen LogP contribution in [0.1, 0.15) is 49.7 Å². The summed E-state index contributed by atoms with van der Waals surface area (Å²) in [7, 11) is 0. The molecule has 1 saturated carbocycles. The van der Waals surface area contributed by atoms with Crippen LogP contribution >= 0.6 is 11.6 Å². The highest BCUT2D eigenvalue weighted by atomic mass is 35.5. The number of halogens is 1. The van der Waals surface area contributed by atoms with Crippen molar-refractivity contribution < 1.29 is 0 Å². The molecule has 0 radical (unpaired) electrons. The van der Waals surface area contributed by atoms with Crippen molar-refractivity contribution in [3.05, 3.63) is 41.5 Å². The molecule has 1 aromatic rings. The first kappa shape index (κ1) is 11.7. The fourth-order valence-corrected chi connectivity index (χ4v) is 2.28. The van der Waals surface area contributed by atoms with E-state index in [1.54, 1.807) is 0 Å². The van der Waals surface area contributed by atoms with Gasteiger partial charge in [-0.3, -0.25) is 0 Å². The van der Waals surface area contributed by atoms with Gasteiger partial charge < -0.3 is 0 Å². The van der Waals surface area contributed by atoms with Crippen molar-refractivity contribution >= 4 is 17.2 Å². The topological polar surface area (TPSA) is 0 Å². The van der Waals surface area contributed by atoms with Gasteiger partial charge in [-0.05, 0) is 48.8 Å². The highest BCUT2D eigenvalue weighted by Gasteiger charge is 2.19. The maximum Gasteiger partial charge on any atom is 0.0258 e. The first-order chi connectivity index (χ1) is 7.81. The molecule has 1 aromatic carbocycles. The van der Waals surface area contributed by atoms with Crippen molar-refractivity contribution in [3.8, 4) is 0 Å². The van der Waals surface area contributed by atoms with Crippen LogP contribution in [0.3, 0.4) is 0 Å². The lowest BCUT2D eigenvalue weighted by Gasteiger charge is -2.26. The van der Waals surface area contributed by atoms with E-state index in [0.717, 1.165) is 12.3 Å². The highest BCUT2D eigenvalue weighted by molar-refractivity contribution is 6.17. The monoisotopic (exact) mass is 234 g/mol.